The van der Waals surface area contributed by atoms with E-state index in [-0.39, 0.29) is 0 Å². The molecule has 0 saturated carbocycles. The molecule has 0 fully saturated rings. The first-order valence-electron chi connectivity index (χ1n) is 9.05. The third-order valence-electron chi connectivity index (χ3n) is 6.04. The molecular formula is C25H18. The lowest BCUT2D eigenvalue weighted by Gasteiger charge is -2.07. The lowest BCUT2D eigenvalue weighted by atomic mass is 9.96. The Labute approximate surface area is 147 Å². The smallest absolute Gasteiger partial charge is 0.000421 e. The number of fused-ring (bicyclic) bond motifs is 9. The zero-order valence-electron chi connectivity index (χ0n) is 14.3. The maximum absolute atomic E-state index is 2.35. The van der Waals surface area contributed by atoms with Crippen molar-refractivity contribution in [2.45, 2.75) is 19.8 Å². The van der Waals surface area contributed by atoms with Gasteiger partial charge in [0.05, 0.1) is 0 Å². The van der Waals surface area contributed by atoms with Crippen molar-refractivity contribution in [3.05, 3.63) is 94.5 Å². The van der Waals surface area contributed by atoms with Gasteiger partial charge in [0.2, 0.25) is 0 Å². The molecule has 0 amide bonds. The van der Waals surface area contributed by atoms with Gasteiger partial charge in [0, 0.05) is 0 Å². The SMILES string of the molecule is Cc1ccc2c3c(ccc2c1)-c1ccc2c(c1C3)Cc1ccccc1-2. The Morgan fingerprint density at radius 1 is 0.600 bits per heavy atom. The maximum atomic E-state index is 2.35. The Kier molecular flexibility index (Phi) is 2.48. The molecule has 0 heterocycles. The van der Waals surface area contributed by atoms with Gasteiger partial charge in [0.15, 0.2) is 0 Å². The van der Waals surface area contributed by atoms with E-state index in [4.69, 9.17) is 0 Å². The minimum atomic E-state index is 1.07. The second-order valence-electron chi connectivity index (χ2n) is 7.44. The van der Waals surface area contributed by atoms with E-state index in [0.717, 1.165) is 12.8 Å². The molecular weight excluding hydrogens is 300 g/mol. The number of rotatable bonds is 0. The molecule has 0 saturated heterocycles. The third kappa shape index (κ3) is 1.72. The molecule has 0 unspecified atom stereocenters. The van der Waals surface area contributed by atoms with Crippen LogP contribution in [0.3, 0.4) is 0 Å². The summed E-state index contributed by atoms with van der Waals surface area (Å²) in [6, 6.07) is 25.0. The average molecular weight is 318 g/mol. The Balaban J connectivity index is 1.60. The first-order chi connectivity index (χ1) is 12.3. The van der Waals surface area contributed by atoms with Gasteiger partial charge in [-0.15, -0.1) is 0 Å². The van der Waals surface area contributed by atoms with Gasteiger partial charge in [0.25, 0.3) is 0 Å². The second kappa shape index (κ2) is 4.61. The molecule has 0 nitrogen and oxygen atoms in total. The third-order valence-corrected chi connectivity index (χ3v) is 6.04. The molecule has 118 valence electrons. The van der Waals surface area contributed by atoms with Crippen LogP contribution in [0.2, 0.25) is 0 Å². The van der Waals surface area contributed by atoms with Gasteiger partial charge < -0.3 is 0 Å². The predicted octanol–water partition coefficient (Wildman–Crippen LogP) is 6.29. The predicted molar refractivity (Wildman–Crippen MR) is 105 cm³/mol. The lowest BCUT2D eigenvalue weighted by Crippen LogP contribution is -1.91. The van der Waals surface area contributed by atoms with Crippen molar-refractivity contribution in [3.8, 4) is 22.3 Å². The molecule has 4 aromatic rings. The molecule has 2 aliphatic carbocycles. The summed E-state index contributed by atoms with van der Waals surface area (Å²) in [5.41, 5.74) is 13.2. The summed E-state index contributed by atoms with van der Waals surface area (Å²) in [4.78, 5) is 0. The molecule has 2 aliphatic rings. The van der Waals surface area contributed by atoms with Gasteiger partial charge in [-0.05, 0) is 75.0 Å². The van der Waals surface area contributed by atoms with Crippen LogP contribution in [0.1, 0.15) is 27.8 Å². The van der Waals surface area contributed by atoms with E-state index >= 15 is 0 Å². The quantitative estimate of drug-likeness (QED) is 0.309. The minimum absolute atomic E-state index is 1.07. The molecule has 6 rings (SSSR count). The molecule has 25 heavy (non-hydrogen) atoms. The Hall–Kier alpha value is -2.86. The Morgan fingerprint density at radius 2 is 1.32 bits per heavy atom. The monoisotopic (exact) mass is 318 g/mol. The van der Waals surface area contributed by atoms with Gasteiger partial charge in [-0.2, -0.15) is 0 Å². The first-order valence-corrected chi connectivity index (χ1v) is 9.05. The van der Waals surface area contributed by atoms with Crippen LogP contribution in [0.5, 0.6) is 0 Å². The maximum Gasteiger partial charge on any atom is -0.000421 e. The van der Waals surface area contributed by atoms with Crippen molar-refractivity contribution in [2.24, 2.45) is 0 Å². The summed E-state index contributed by atoms with van der Waals surface area (Å²) in [6.45, 7) is 2.17. The van der Waals surface area contributed by atoms with Crippen LogP contribution in [0.15, 0.2) is 66.7 Å². The summed E-state index contributed by atoms with van der Waals surface area (Å²) in [5, 5.41) is 2.79. The zero-order chi connectivity index (χ0) is 16.5. The topological polar surface area (TPSA) is 0 Å². The highest BCUT2D eigenvalue weighted by atomic mass is 14.3. The standard InChI is InChI=1S/C25H18/c1-15-6-8-19-17(12-15)7-9-21-22-11-10-20-18-5-3-2-4-16(18)13-23(20)25(22)14-24(19)21/h2-12H,13-14H2,1H3. The van der Waals surface area contributed by atoms with Crippen LogP contribution < -0.4 is 0 Å². The number of benzene rings is 4. The van der Waals surface area contributed by atoms with Gasteiger partial charge in [0.1, 0.15) is 0 Å². The lowest BCUT2D eigenvalue weighted by molar-refractivity contribution is 1.17. The molecule has 0 spiro atoms. The van der Waals surface area contributed by atoms with Gasteiger partial charge in [-0.1, -0.05) is 72.3 Å². The Bertz CT molecular complexity index is 1190. The van der Waals surface area contributed by atoms with Crippen molar-refractivity contribution < 1.29 is 0 Å². The normalized spacial score (nSPS) is 13.5. The van der Waals surface area contributed by atoms with E-state index in [1.165, 1.54) is 49.7 Å². The Morgan fingerprint density at radius 3 is 2.24 bits per heavy atom. The second-order valence-corrected chi connectivity index (χ2v) is 7.44. The fourth-order valence-corrected chi connectivity index (χ4v) is 4.86. The molecule has 0 N–H and O–H groups in total. The highest BCUT2D eigenvalue weighted by molar-refractivity contribution is 5.97. The number of hydrogen-bond acceptors (Lipinski definition) is 0. The van der Waals surface area contributed by atoms with Crippen LogP contribution >= 0.6 is 0 Å². The average Bonchev–Trinajstić information content (AvgIpc) is 3.19. The summed E-state index contributed by atoms with van der Waals surface area (Å²) in [5.74, 6) is 0. The van der Waals surface area contributed by atoms with Crippen LogP contribution in [0, 0.1) is 6.92 Å². The molecule has 0 atom stereocenters. The fourth-order valence-electron chi connectivity index (χ4n) is 4.86. The largest absolute Gasteiger partial charge is 0.0619 e. The summed E-state index contributed by atoms with van der Waals surface area (Å²) >= 11 is 0. The molecule has 0 radical (unpaired) electrons. The van der Waals surface area contributed by atoms with Crippen LogP contribution in [-0.2, 0) is 12.8 Å². The molecule has 4 aromatic carbocycles. The van der Waals surface area contributed by atoms with Crippen LogP contribution in [0.4, 0.5) is 0 Å². The van der Waals surface area contributed by atoms with Gasteiger partial charge >= 0.3 is 0 Å². The van der Waals surface area contributed by atoms with E-state index in [1.807, 2.05) is 0 Å². The van der Waals surface area contributed by atoms with E-state index < -0.39 is 0 Å². The van der Waals surface area contributed by atoms with Crippen molar-refractivity contribution in [1.82, 2.24) is 0 Å². The van der Waals surface area contributed by atoms with Crippen molar-refractivity contribution in [2.75, 3.05) is 0 Å². The highest BCUT2D eigenvalue weighted by Crippen LogP contribution is 2.47. The van der Waals surface area contributed by atoms with E-state index in [1.54, 1.807) is 11.1 Å². The van der Waals surface area contributed by atoms with Crippen molar-refractivity contribution >= 4 is 10.8 Å². The van der Waals surface area contributed by atoms with E-state index in [9.17, 15) is 0 Å². The molecule has 0 aromatic heterocycles. The van der Waals surface area contributed by atoms with E-state index in [0.29, 0.717) is 0 Å². The van der Waals surface area contributed by atoms with E-state index in [2.05, 4.69) is 73.7 Å². The summed E-state index contributed by atoms with van der Waals surface area (Å²) in [6.07, 6.45) is 2.15. The number of aryl methyl sites for hydroxylation is 1. The van der Waals surface area contributed by atoms with Crippen LogP contribution in [0.25, 0.3) is 33.0 Å². The molecule has 0 bridgehead atoms. The molecule has 0 heteroatoms. The van der Waals surface area contributed by atoms with Crippen molar-refractivity contribution in [1.29, 1.82) is 0 Å². The highest BCUT2D eigenvalue weighted by Gasteiger charge is 2.28. The first kappa shape index (κ1) is 13.4. The summed E-state index contributed by atoms with van der Waals surface area (Å²) < 4.78 is 0. The van der Waals surface area contributed by atoms with Gasteiger partial charge in [-0.25, -0.2) is 0 Å². The fraction of sp³-hybridized carbons (Fsp3) is 0.120. The van der Waals surface area contributed by atoms with Crippen molar-refractivity contribution in [3.63, 3.8) is 0 Å². The van der Waals surface area contributed by atoms with Crippen LogP contribution in [-0.4, -0.2) is 0 Å². The summed E-state index contributed by atoms with van der Waals surface area (Å²) in [7, 11) is 0. The van der Waals surface area contributed by atoms with Gasteiger partial charge in [-0.3, -0.25) is 0 Å². The number of hydrogen-bond donors (Lipinski definition) is 0. The minimum Gasteiger partial charge on any atom is -0.0619 e. The molecule has 0 aliphatic heterocycles. The zero-order valence-corrected chi connectivity index (χ0v) is 14.3.